The van der Waals surface area contributed by atoms with Crippen LogP contribution < -0.4 is 0 Å². The first-order valence-electron chi connectivity index (χ1n) is 6.75. The lowest BCUT2D eigenvalue weighted by molar-refractivity contribution is 0.961. The molecule has 4 heterocycles. The van der Waals surface area contributed by atoms with E-state index in [0.29, 0.717) is 0 Å². The molecule has 0 aliphatic rings. The molecule has 0 radical (unpaired) electrons. The predicted molar refractivity (Wildman–Crippen MR) is 79.7 cm³/mol. The van der Waals surface area contributed by atoms with Gasteiger partial charge in [0.15, 0.2) is 0 Å². The molecule has 0 bridgehead atoms. The summed E-state index contributed by atoms with van der Waals surface area (Å²) in [6.45, 7) is 2.18. The minimum atomic E-state index is 0.955. The highest BCUT2D eigenvalue weighted by Gasteiger charge is 2.10. The zero-order valence-electron chi connectivity index (χ0n) is 11.2. The first kappa shape index (κ1) is 11.2. The molecule has 98 valence electrons. The molecule has 0 amide bonds. The van der Waals surface area contributed by atoms with Gasteiger partial charge in [0, 0.05) is 35.7 Å². The van der Waals surface area contributed by atoms with Crippen LogP contribution in [0, 0.1) is 0 Å². The smallest absolute Gasteiger partial charge is 0.137 e. The molecule has 0 aromatic carbocycles. The molecule has 4 heteroatoms. The maximum atomic E-state index is 4.52. The molecule has 0 atom stereocenters. The van der Waals surface area contributed by atoms with Gasteiger partial charge in [-0.05, 0) is 41.8 Å². The van der Waals surface area contributed by atoms with Crippen molar-refractivity contribution >= 4 is 16.6 Å². The van der Waals surface area contributed by atoms with E-state index in [0.717, 1.165) is 17.6 Å². The first-order chi connectivity index (χ1) is 9.86. The van der Waals surface area contributed by atoms with E-state index in [4.69, 9.17) is 0 Å². The Morgan fingerprint density at radius 3 is 3.10 bits per heavy atom. The highest BCUT2D eigenvalue weighted by atomic mass is 15.2. The van der Waals surface area contributed by atoms with Crippen LogP contribution in [0.2, 0.25) is 0 Å². The average Bonchev–Trinajstić information content (AvgIpc) is 3.13. The summed E-state index contributed by atoms with van der Waals surface area (Å²) in [5.41, 5.74) is 5.77. The Kier molecular flexibility index (Phi) is 2.36. The van der Waals surface area contributed by atoms with Crippen LogP contribution in [0.25, 0.3) is 27.7 Å². The Morgan fingerprint density at radius 2 is 2.20 bits per heavy atom. The van der Waals surface area contributed by atoms with E-state index in [1.54, 1.807) is 0 Å². The number of hydrogen-bond donors (Lipinski definition) is 1. The Morgan fingerprint density at radius 1 is 1.25 bits per heavy atom. The van der Waals surface area contributed by atoms with Crippen LogP contribution in [0.4, 0.5) is 0 Å². The quantitative estimate of drug-likeness (QED) is 0.601. The van der Waals surface area contributed by atoms with Gasteiger partial charge in [-0.15, -0.1) is 0 Å². The topological polar surface area (TPSA) is 46.0 Å². The zero-order valence-corrected chi connectivity index (χ0v) is 11.2. The van der Waals surface area contributed by atoms with Gasteiger partial charge in [-0.3, -0.25) is 0 Å². The highest BCUT2D eigenvalue weighted by Crippen LogP contribution is 2.29. The van der Waals surface area contributed by atoms with E-state index in [2.05, 4.69) is 40.2 Å². The van der Waals surface area contributed by atoms with Gasteiger partial charge in [0.25, 0.3) is 0 Å². The fraction of sp³-hybridized carbons (Fsp3) is 0.125. The molecule has 0 saturated heterocycles. The van der Waals surface area contributed by atoms with Crippen LogP contribution in [0.3, 0.4) is 0 Å². The van der Waals surface area contributed by atoms with Crippen LogP contribution in [-0.2, 0) is 6.42 Å². The van der Waals surface area contributed by atoms with E-state index in [-0.39, 0.29) is 0 Å². The molecule has 4 aromatic heterocycles. The minimum absolute atomic E-state index is 0.955. The van der Waals surface area contributed by atoms with Gasteiger partial charge in [-0.25, -0.2) is 9.50 Å². The molecular weight excluding hydrogens is 248 g/mol. The largest absolute Gasteiger partial charge is 0.346 e. The number of aromatic amines is 1. The first-order valence-corrected chi connectivity index (χ1v) is 6.75. The molecule has 0 aliphatic heterocycles. The standard InChI is InChI=1S/C16H14N4/c1-2-13-14-4-6-17-16(14)18-10-15(13)11-5-8-20-12(9-11)3-7-19-20/h3-10H,2H2,1H3,(H,17,18). The van der Waals surface area contributed by atoms with E-state index in [1.807, 2.05) is 35.4 Å². The van der Waals surface area contributed by atoms with Crippen molar-refractivity contribution in [2.45, 2.75) is 13.3 Å². The van der Waals surface area contributed by atoms with E-state index in [9.17, 15) is 0 Å². The van der Waals surface area contributed by atoms with Crippen LogP contribution in [0.5, 0.6) is 0 Å². The molecule has 1 N–H and O–H groups in total. The Bertz CT molecular complexity index is 901. The molecule has 0 fully saturated rings. The summed E-state index contributed by atoms with van der Waals surface area (Å²) in [5, 5.41) is 5.44. The minimum Gasteiger partial charge on any atom is -0.346 e. The fourth-order valence-electron chi connectivity index (χ4n) is 2.78. The maximum absolute atomic E-state index is 4.52. The van der Waals surface area contributed by atoms with Crippen LogP contribution in [0.1, 0.15) is 12.5 Å². The lowest BCUT2D eigenvalue weighted by Crippen LogP contribution is -1.93. The molecule has 4 rings (SSSR count). The Labute approximate surface area is 116 Å². The predicted octanol–water partition coefficient (Wildman–Crippen LogP) is 3.44. The number of aromatic nitrogens is 4. The van der Waals surface area contributed by atoms with Gasteiger partial charge < -0.3 is 4.98 Å². The van der Waals surface area contributed by atoms with E-state index >= 15 is 0 Å². The normalized spacial score (nSPS) is 11.4. The Hall–Kier alpha value is -2.62. The van der Waals surface area contributed by atoms with Crippen molar-refractivity contribution in [3.05, 3.63) is 54.6 Å². The second-order valence-corrected chi connectivity index (χ2v) is 4.86. The SMILES string of the molecule is CCc1c(-c2ccn3nccc3c2)cnc2[nH]ccc12. The lowest BCUT2D eigenvalue weighted by Gasteiger charge is -2.09. The number of nitrogens with zero attached hydrogens (tertiary/aromatic N) is 3. The summed E-state index contributed by atoms with van der Waals surface area (Å²) in [5.74, 6) is 0. The van der Waals surface area contributed by atoms with Gasteiger partial charge >= 0.3 is 0 Å². The van der Waals surface area contributed by atoms with E-state index in [1.165, 1.54) is 22.1 Å². The number of rotatable bonds is 2. The van der Waals surface area contributed by atoms with Crippen LogP contribution >= 0.6 is 0 Å². The molecular formula is C16H14N4. The number of pyridine rings is 2. The molecule has 0 unspecified atom stereocenters. The zero-order chi connectivity index (χ0) is 13.5. The number of hydrogen-bond acceptors (Lipinski definition) is 2. The van der Waals surface area contributed by atoms with Crippen molar-refractivity contribution in [1.82, 2.24) is 19.6 Å². The van der Waals surface area contributed by atoms with Crippen molar-refractivity contribution in [3.63, 3.8) is 0 Å². The highest BCUT2D eigenvalue weighted by molar-refractivity contribution is 5.87. The van der Waals surface area contributed by atoms with Crippen LogP contribution in [0.15, 0.2) is 49.1 Å². The summed E-state index contributed by atoms with van der Waals surface area (Å²) in [6, 6.07) is 8.36. The molecule has 4 aromatic rings. The summed E-state index contributed by atoms with van der Waals surface area (Å²) >= 11 is 0. The van der Waals surface area contributed by atoms with Crippen molar-refractivity contribution in [2.75, 3.05) is 0 Å². The van der Waals surface area contributed by atoms with Gasteiger partial charge in [0.05, 0.1) is 5.52 Å². The number of nitrogens with one attached hydrogen (secondary N) is 1. The van der Waals surface area contributed by atoms with Gasteiger partial charge in [-0.1, -0.05) is 6.92 Å². The summed E-state index contributed by atoms with van der Waals surface area (Å²) in [6.07, 6.45) is 8.69. The molecule has 20 heavy (non-hydrogen) atoms. The molecule has 0 saturated carbocycles. The third-order valence-corrected chi connectivity index (χ3v) is 3.76. The third kappa shape index (κ3) is 1.54. The second-order valence-electron chi connectivity index (χ2n) is 4.86. The summed E-state index contributed by atoms with van der Waals surface area (Å²) < 4.78 is 1.87. The van der Waals surface area contributed by atoms with Crippen molar-refractivity contribution in [2.24, 2.45) is 0 Å². The number of fused-ring (bicyclic) bond motifs is 2. The van der Waals surface area contributed by atoms with E-state index < -0.39 is 0 Å². The molecule has 4 nitrogen and oxygen atoms in total. The second kappa shape index (κ2) is 4.20. The van der Waals surface area contributed by atoms with Gasteiger partial charge in [-0.2, -0.15) is 5.10 Å². The van der Waals surface area contributed by atoms with Crippen molar-refractivity contribution in [3.8, 4) is 11.1 Å². The average molecular weight is 262 g/mol. The summed E-state index contributed by atoms with van der Waals surface area (Å²) in [4.78, 5) is 7.69. The van der Waals surface area contributed by atoms with Gasteiger partial charge in [0.2, 0.25) is 0 Å². The fourth-order valence-corrected chi connectivity index (χ4v) is 2.78. The molecule has 0 spiro atoms. The molecule has 0 aliphatic carbocycles. The lowest BCUT2D eigenvalue weighted by atomic mass is 9.98. The van der Waals surface area contributed by atoms with Crippen molar-refractivity contribution < 1.29 is 0 Å². The number of H-pyrrole nitrogens is 1. The maximum Gasteiger partial charge on any atom is 0.137 e. The van der Waals surface area contributed by atoms with Gasteiger partial charge in [0.1, 0.15) is 5.65 Å². The summed E-state index contributed by atoms with van der Waals surface area (Å²) in [7, 11) is 0. The number of aryl methyl sites for hydroxylation is 1. The third-order valence-electron chi connectivity index (χ3n) is 3.76. The Balaban J connectivity index is 2.00. The van der Waals surface area contributed by atoms with Crippen LogP contribution in [-0.4, -0.2) is 19.6 Å². The van der Waals surface area contributed by atoms with Crippen molar-refractivity contribution in [1.29, 1.82) is 0 Å². The monoisotopic (exact) mass is 262 g/mol.